The standard InChI is InChI=1S/C28H28N2O7/c1-35-19-10-11-20(22(14-19)36-2)29-23(31)15-37-28(34)21(12-16-6-4-3-5-7-16)30-26(32)24-17-8-9-18(13-17)25(24)27(30)33/h3-11,14,17-18,21,24-25H,12-13,15H2,1-2H3,(H,29,31)/t17-,18-,21-,24-,25+/m0/s1. The lowest BCUT2D eigenvalue weighted by molar-refractivity contribution is -0.160. The molecule has 0 aromatic heterocycles. The molecule has 2 aromatic carbocycles. The topological polar surface area (TPSA) is 111 Å². The van der Waals surface area contributed by atoms with Crippen LogP contribution in [-0.2, 0) is 30.3 Å². The smallest absolute Gasteiger partial charge is 0.330 e. The minimum atomic E-state index is -1.16. The van der Waals surface area contributed by atoms with E-state index in [2.05, 4.69) is 5.32 Å². The Morgan fingerprint density at radius 2 is 1.65 bits per heavy atom. The van der Waals surface area contributed by atoms with Crippen molar-refractivity contribution in [3.05, 3.63) is 66.2 Å². The van der Waals surface area contributed by atoms with Gasteiger partial charge in [0, 0.05) is 12.5 Å². The minimum absolute atomic E-state index is 0.0232. The van der Waals surface area contributed by atoms with Gasteiger partial charge in [0.05, 0.1) is 31.7 Å². The molecule has 3 amide bonds. The van der Waals surface area contributed by atoms with E-state index in [4.69, 9.17) is 14.2 Å². The Labute approximate surface area is 214 Å². The lowest BCUT2D eigenvalue weighted by Crippen LogP contribution is -2.48. The van der Waals surface area contributed by atoms with E-state index in [0.717, 1.165) is 16.9 Å². The van der Waals surface area contributed by atoms with Gasteiger partial charge in [-0.15, -0.1) is 0 Å². The molecule has 2 aliphatic carbocycles. The van der Waals surface area contributed by atoms with Crippen LogP contribution in [-0.4, -0.2) is 55.5 Å². The van der Waals surface area contributed by atoms with E-state index in [9.17, 15) is 19.2 Å². The monoisotopic (exact) mass is 504 g/mol. The molecule has 9 heteroatoms. The van der Waals surface area contributed by atoms with Crippen molar-refractivity contribution >= 4 is 29.4 Å². The van der Waals surface area contributed by atoms with E-state index >= 15 is 0 Å². The first kappa shape index (κ1) is 24.5. The average molecular weight is 505 g/mol. The number of rotatable bonds is 9. The van der Waals surface area contributed by atoms with Gasteiger partial charge in [0.2, 0.25) is 11.8 Å². The van der Waals surface area contributed by atoms with Gasteiger partial charge in [-0.05, 0) is 36.0 Å². The van der Waals surface area contributed by atoms with Crippen LogP contribution in [0.3, 0.4) is 0 Å². The van der Waals surface area contributed by atoms with Gasteiger partial charge >= 0.3 is 5.97 Å². The Morgan fingerprint density at radius 3 is 2.27 bits per heavy atom. The molecule has 1 heterocycles. The number of esters is 1. The molecule has 192 valence electrons. The Hall–Kier alpha value is -4.14. The zero-order valence-electron chi connectivity index (χ0n) is 20.6. The number of imide groups is 1. The molecule has 2 fully saturated rings. The molecule has 37 heavy (non-hydrogen) atoms. The van der Waals surface area contributed by atoms with E-state index in [0.29, 0.717) is 17.2 Å². The summed E-state index contributed by atoms with van der Waals surface area (Å²) in [6.45, 7) is -0.588. The number of ether oxygens (including phenoxy) is 3. The van der Waals surface area contributed by atoms with Crippen LogP contribution in [0.2, 0.25) is 0 Å². The molecule has 0 spiro atoms. The zero-order chi connectivity index (χ0) is 26.1. The first-order valence-electron chi connectivity index (χ1n) is 12.2. The second-order valence-corrected chi connectivity index (χ2v) is 9.47. The predicted octanol–water partition coefficient (Wildman–Crippen LogP) is 2.60. The minimum Gasteiger partial charge on any atom is -0.497 e. The quantitative estimate of drug-likeness (QED) is 0.317. The van der Waals surface area contributed by atoms with Crippen molar-refractivity contribution in [2.75, 3.05) is 26.1 Å². The summed E-state index contributed by atoms with van der Waals surface area (Å²) in [5, 5.41) is 2.64. The van der Waals surface area contributed by atoms with Gasteiger partial charge in [0.25, 0.3) is 5.91 Å². The van der Waals surface area contributed by atoms with Crippen LogP contribution in [0.1, 0.15) is 12.0 Å². The van der Waals surface area contributed by atoms with E-state index in [1.165, 1.54) is 14.2 Å². The molecule has 5 rings (SSSR count). The van der Waals surface area contributed by atoms with Gasteiger partial charge in [-0.2, -0.15) is 0 Å². The normalized spacial score (nSPS) is 24.1. The molecule has 2 aromatic rings. The highest BCUT2D eigenvalue weighted by atomic mass is 16.5. The van der Waals surface area contributed by atoms with E-state index in [1.807, 2.05) is 42.5 Å². The molecule has 1 N–H and O–H groups in total. The molecule has 1 aliphatic heterocycles. The number of fused-ring (bicyclic) bond motifs is 5. The SMILES string of the molecule is COc1ccc(NC(=O)COC(=O)[C@H](Cc2ccccc2)N2C(=O)[C@@H]3[C@H](C2=O)[C@H]2C=C[C@H]3C2)c(OC)c1. The van der Waals surface area contributed by atoms with Crippen LogP contribution in [0.15, 0.2) is 60.7 Å². The predicted molar refractivity (Wildman–Crippen MR) is 133 cm³/mol. The molecule has 1 saturated heterocycles. The van der Waals surface area contributed by atoms with Crippen LogP contribution in [0.25, 0.3) is 0 Å². The molecule has 3 aliphatic rings. The summed E-state index contributed by atoms with van der Waals surface area (Å²) in [4.78, 5) is 53.7. The van der Waals surface area contributed by atoms with Crippen molar-refractivity contribution in [2.45, 2.75) is 18.9 Å². The second-order valence-electron chi connectivity index (χ2n) is 9.47. The van der Waals surface area contributed by atoms with Gasteiger partial charge in [-0.3, -0.25) is 19.3 Å². The van der Waals surface area contributed by atoms with E-state index in [-0.39, 0.29) is 30.1 Å². The lowest BCUT2D eigenvalue weighted by atomic mass is 9.85. The summed E-state index contributed by atoms with van der Waals surface area (Å²) < 4.78 is 15.8. The van der Waals surface area contributed by atoms with Crippen LogP contribution in [0.4, 0.5) is 5.69 Å². The number of nitrogens with one attached hydrogen (secondary N) is 1. The summed E-state index contributed by atoms with van der Waals surface area (Å²) in [5.41, 5.74) is 1.15. The molecular formula is C28H28N2O7. The fourth-order valence-electron chi connectivity index (χ4n) is 5.67. The number of methoxy groups -OCH3 is 2. The third-order valence-corrected chi connectivity index (χ3v) is 7.39. The van der Waals surface area contributed by atoms with E-state index < -0.39 is 36.4 Å². The first-order chi connectivity index (χ1) is 17.9. The number of anilines is 1. The summed E-state index contributed by atoms with van der Waals surface area (Å²) >= 11 is 0. The highest BCUT2D eigenvalue weighted by Crippen LogP contribution is 2.53. The number of carbonyl (C=O) groups excluding carboxylic acids is 4. The van der Waals surface area contributed by atoms with Crippen molar-refractivity contribution in [2.24, 2.45) is 23.7 Å². The van der Waals surface area contributed by atoms with Crippen LogP contribution >= 0.6 is 0 Å². The summed E-state index contributed by atoms with van der Waals surface area (Å²) in [6, 6.07) is 12.8. The maximum Gasteiger partial charge on any atom is 0.330 e. The maximum atomic E-state index is 13.4. The van der Waals surface area contributed by atoms with Crippen LogP contribution < -0.4 is 14.8 Å². The Kier molecular flexibility index (Phi) is 6.69. The third-order valence-electron chi connectivity index (χ3n) is 7.39. The molecule has 2 bridgehead atoms. The summed E-state index contributed by atoms with van der Waals surface area (Å²) in [7, 11) is 2.97. The highest BCUT2D eigenvalue weighted by Gasteiger charge is 2.61. The Bertz CT molecular complexity index is 1230. The van der Waals surface area contributed by atoms with Crippen molar-refractivity contribution in [1.82, 2.24) is 4.90 Å². The number of hydrogen-bond donors (Lipinski definition) is 1. The highest BCUT2D eigenvalue weighted by molar-refractivity contribution is 6.09. The number of nitrogens with zero attached hydrogens (tertiary/aromatic N) is 1. The molecule has 0 radical (unpaired) electrons. The third kappa shape index (κ3) is 4.57. The Balaban J connectivity index is 1.30. The van der Waals surface area contributed by atoms with Gasteiger partial charge in [0.15, 0.2) is 6.61 Å². The molecule has 0 unspecified atom stereocenters. The Morgan fingerprint density at radius 1 is 0.973 bits per heavy atom. The van der Waals surface area contributed by atoms with Crippen molar-refractivity contribution < 1.29 is 33.4 Å². The number of allylic oxidation sites excluding steroid dienone is 2. The van der Waals surface area contributed by atoms with Crippen LogP contribution in [0, 0.1) is 23.7 Å². The van der Waals surface area contributed by atoms with Crippen molar-refractivity contribution in [1.29, 1.82) is 0 Å². The average Bonchev–Trinajstić information content (AvgIpc) is 3.60. The fraction of sp³-hybridized carbons (Fsp3) is 0.357. The number of carbonyl (C=O) groups is 4. The number of benzene rings is 2. The summed E-state index contributed by atoms with van der Waals surface area (Å²) in [6.07, 6.45) is 4.91. The molecule has 1 saturated carbocycles. The molecule has 5 atom stereocenters. The van der Waals surface area contributed by atoms with E-state index in [1.54, 1.807) is 18.2 Å². The molecule has 9 nitrogen and oxygen atoms in total. The van der Waals surface area contributed by atoms with Gasteiger partial charge in [0.1, 0.15) is 17.5 Å². The fourth-order valence-corrected chi connectivity index (χ4v) is 5.67. The van der Waals surface area contributed by atoms with Gasteiger partial charge in [-0.1, -0.05) is 42.5 Å². The number of amides is 3. The number of hydrogen-bond acceptors (Lipinski definition) is 7. The van der Waals surface area contributed by atoms with Gasteiger partial charge < -0.3 is 19.5 Å². The lowest BCUT2D eigenvalue weighted by Gasteiger charge is -2.26. The first-order valence-corrected chi connectivity index (χ1v) is 12.2. The second kappa shape index (κ2) is 10.1. The van der Waals surface area contributed by atoms with Crippen LogP contribution in [0.5, 0.6) is 11.5 Å². The number of likely N-dealkylation sites (tertiary alicyclic amines) is 1. The largest absolute Gasteiger partial charge is 0.497 e. The van der Waals surface area contributed by atoms with Crippen molar-refractivity contribution in [3.8, 4) is 11.5 Å². The van der Waals surface area contributed by atoms with Crippen molar-refractivity contribution in [3.63, 3.8) is 0 Å². The van der Waals surface area contributed by atoms with Gasteiger partial charge in [-0.25, -0.2) is 4.79 Å². The molecular weight excluding hydrogens is 476 g/mol. The maximum absolute atomic E-state index is 13.4. The summed E-state index contributed by atoms with van der Waals surface area (Å²) in [5.74, 6) is -1.95. The zero-order valence-corrected chi connectivity index (χ0v) is 20.6.